The molecule has 1 N–H and O–H groups in total. The number of carbonyl (C=O) groups is 1. The predicted molar refractivity (Wildman–Crippen MR) is 40.0 cm³/mol. The first kappa shape index (κ1) is 12.7. The quantitative estimate of drug-likeness (QED) is 0.499. The van der Waals surface area contributed by atoms with Crippen molar-refractivity contribution in [1.29, 1.82) is 0 Å². The Balaban J connectivity index is 0. The largest absolute Gasteiger partial charge is 0.466 e. The fraction of sp³-hybridized carbons (Fsp3) is 0.800. The SMILES string of the molecule is CCOC(C)=O.OC(Cl)Cl. The van der Waals surface area contributed by atoms with Crippen molar-refractivity contribution < 1.29 is 14.6 Å². The zero-order valence-electron chi connectivity index (χ0n) is 5.80. The Morgan fingerprint density at radius 1 is 1.70 bits per heavy atom. The van der Waals surface area contributed by atoms with Gasteiger partial charge in [0.2, 0.25) is 5.02 Å². The van der Waals surface area contributed by atoms with E-state index in [-0.39, 0.29) is 5.97 Å². The molecule has 0 heterocycles. The molecule has 5 heteroatoms. The second-order valence-corrected chi connectivity index (χ2v) is 2.25. The second kappa shape index (κ2) is 9.01. The molecule has 0 aromatic carbocycles. The molecular formula is C5H10Cl2O3. The van der Waals surface area contributed by atoms with Crippen LogP contribution in [0.4, 0.5) is 0 Å². The molecule has 0 aliphatic carbocycles. The lowest BCUT2D eigenvalue weighted by molar-refractivity contribution is -0.140. The topological polar surface area (TPSA) is 46.5 Å². The summed E-state index contributed by atoms with van der Waals surface area (Å²) in [7, 11) is 0. The van der Waals surface area contributed by atoms with Crippen LogP contribution in [0, 0.1) is 0 Å². The molecule has 0 bridgehead atoms. The van der Waals surface area contributed by atoms with Gasteiger partial charge in [0.25, 0.3) is 0 Å². The fourth-order valence-electron chi connectivity index (χ4n) is 0.203. The maximum Gasteiger partial charge on any atom is 0.302 e. The molecule has 10 heavy (non-hydrogen) atoms. The van der Waals surface area contributed by atoms with Crippen LogP contribution in [0.5, 0.6) is 0 Å². The smallest absolute Gasteiger partial charge is 0.302 e. The van der Waals surface area contributed by atoms with E-state index >= 15 is 0 Å². The van der Waals surface area contributed by atoms with Crippen molar-refractivity contribution in [3.05, 3.63) is 0 Å². The highest BCUT2D eigenvalue weighted by atomic mass is 35.5. The Hall–Kier alpha value is 0.01000. The van der Waals surface area contributed by atoms with E-state index in [1.165, 1.54) is 6.92 Å². The molecule has 3 nitrogen and oxygen atoms in total. The van der Waals surface area contributed by atoms with Gasteiger partial charge >= 0.3 is 5.97 Å². The Bertz CT molecular complexity index is 82.2. The van der Waals surface area contributed by atoms with Gasteiger partial charge in [-0.3, -0.25) is 4.79 Å². The highest BCUT2D eigenvalue weighted by Gasteiger charge is 1.81. The number of hydrogen-bond acceptors (Lipinski definition) is 3. The number of halogens is 2. The first-order valence-electron chi connectivity index (χ1n) is 2.60. The van der Waals surface area contributed by atoms with E-state index < -0.39 is 5.02 Å². The zero-order valence-corrected chi connectivity index (χ0v) is 7.32. The van der Waals surface area contributed by atoms with Crippen LogP contribution in [0.2, 0.25) is 0 Å². The minimum Gasteiger partial charge on any atom is -0.466 e. The third kappa shape index (κ3) is 43.4. The Morgan fingerprint density at radius 2 is 2.00 bits per heavy atom. The lowest BCUT2D eigenvalue weighted by atomic mass is 10.8. The summed E-state index contributed by atoms with van der Waals surface area (Å²) in [6.45, 7) is 3.65. The van der Waals surface area contributed by atoms with E-state index in [9.17, 15) is 4.79 Å². The summed E-state index contributed by atoms with van der Waals surface area (Å²) in [6.07, 6.45) is 0. The van der Waals surface area contributed by atoms with Crippen molar-refractivity contribution in [3.63, 3.8) is 0 Å². The van der Waals surface area contributed by atoms with Crippen LogP contribution < -0.4 is 0 Å². The van der Waals surface area contributed by atoms with Crippen molar-refractivity contribution in [1.82, 2.24) is 0 Å². The number of aliphatic hydroxyl groups is 1. The summed E-state index contributed by atoms with van der Waals surface area (Å²) in [5.74, 6) is -0.211. The number of rotatable bonds is 1. The summed E-state index contributed by atoms with van der Waals surface area (Å²) < 4.78 is 4.40. The van der Waals surface area contributed by atoms with Crippen LogP contribution in [0.1, 0.15) is 13.8 Å². The minimum atomic E-state index is -1.22. The number of ether oxygens (including phenoxy) is 1. The van der Waals surface area contributed by atoms with Gasteiger partial charge in [0.05, 0.1) is 6.61 Å². The third-order valence-corrected chi connectivity index (χ3v) is 0.348. The van der Waals surface area contributed by atoms with Gasteiger partial charge in [0.15, 0.2) is 0 Å². The zero-order chi connectivity index (χ0) is 8.57. The Labute approximate surface area is 69.9 Å². The van der Waals surface area contributed by atoms with Gasteiger partial charge in [-0.1, -0.05) is 23.2 Å². The maximum absolute atomic E-state index is 9.82. The van der Waals surface area contributed by atoms with Crippen molar-refractivity contribution in [2.45, 2.75) is 18.9 Å². The number of hydrogen-bond donors (Lipinski definition) is 1. The van der Waals surface area contributed by atoms with Crippen LogP contribution >= 0.6 is 23.2 Å². The average molecular weight is 189 g/mol. The Morgan fingerprint density at radius 3 is 2.00 bits per heavy atom. The molecule has 0 fully saturated rings. The summed E-state index contributed by atoms with van der Waals surface area (Å²) in [5.41, 5.74) is 0. The number of alkyl halides is 2. The van der Waals surface area contributed by atoms with E-state index in [2.05, 4.69) is 27.9 Å². The van der Waals surface area contributed by atoms with Gasteiger partial charge < -0.3 is 9.84 Å². The van der Waals surface area contributed by atoms with Crippen molar-refractivity contribution in [2.75, 3.05) is 6.61 Å². The molecule has 0 unspecified atom stereocenters. The molecule has 0 rings (SSSR count). The van der Waals surface area contributed by atoms with E-state index in [0.29, 0.717) is 6.61 Å². The van der Waals surface area contributed by atoms with E-state index in [1.54, 1.807) is 6.92 Å². The fourth-order valence-corrected chi connectivity index (χ4v) is 0.203. The van der Waals surface area contributed by atoms with Crippen LogP contribution in [0.3, 0.4) is 0 Å². The van der Waals surface area contributed by atoms with Gasteiger partial charge in [-0.15, -0.1) is 0 Å². The molecule has 0 amide bonds. The summed E-state index contributed by atoms with van der Waals surface area (Å²) in [4.78, 5) is 9.82. The molecule has 0 aromatic rings. The first-order chi connectivity index (χ1) is 4.50. The molecule has 0 spiro atoms. The van der Waals surface area contributed by atoms with Gasteiger partial charge in [0.1, 0.15) is 0 Å². The highest BCUT2D eigenvalue weighted by molar-refractivity contribution is 6.42. The van der Waals surface area contributed by atoms with Gasteiger partial charge in [0, 0.05) is 6.92 Å². The van der Waals surface area contributed by atoms with Crippen molar-refractivity contribution in [2.24, 2.45) is 0 Å². The lowest BCUT2D eigenvalue weighted by Crippen LogP contribution is -1.95. The monoisotopic (exact) mass is 188 g/mol. The van der Waals surface area contributed by atoms with Crippen molar-refractivity contribution >= 4 is 29.2 Å². The molecule has 0 radical (unpaired) electrons. The van der Waals surface area contributed by atoms with Gasteiger partial charge in [-0.25, -0.2) is 0 Å². The summed E-state index contributed by atoms with van der Waals surface area (Å²) in [5, 5.41) is 6.36. The first-order valence-corrected chi connectivity index (χ1v) is 3.47. The molecule has 0 saturated heterocycles. The van der Waals surface area contributed by atoms with E-state index in [0.717, 1.165) is 0 Å². The Kier molecular flexibility index (Phi) is 11.4. The molecule has 0 atom stereocenters. The average Bonchev–Trinajstić information content (AvgIpc) is 1.62. The van der Waals surface area contributed by atoms with Gasteiger partial charge in [-0.2, -0.15) is 0 Å². The van der Waals surface area contributed by atoms with Crippen LogP contribution in [-0.4, -0.2) is 22.7 Å². The van der Waals surface area contributed by atoms with Crippen LogP contribution in [0.15, 0.2) is 0 Å². The third-order valence-electron chi connectivity index (χ3n) is 0.348. The van der Waals surface area contributed by atoms with Crippen LogP contribution in [-0.2, 0) is 9.53 Å². The number of aliphatic hydroxyl groups excluding tert-OH is 1. The number of esters is 1. The highest BCUT2D eigenvalue weighted by Crippen LogP contribution is 1.90. The molecule has 0 aliphatic heterocycles. The normalized spacial score (nSPS) is 8.20. The summed E-state index contributed by atoms with van der Waals surface area (Å²) in [6, 6.07) is 0. The summed E-state index contributed by atoms with van der Waals surface area (Å²) >= 11 is 9.19. The van der Waals surface area contributed by atoms with E-state index in [1.807, 2.05) is 0 Å². The molecular weight excluding hydrogens is 179 g/mol. The standard InChI is InChI=1S/C4H8O2.CH2Cl2O/c1-3-6-4(2)5;2-1(3)4/h3H2,1-2H3;1,4H. The van der Waals surface area contributed by atoms with Crippen molar-refractivity contribution in [3.8, 4) is 0 Å². The second-order valence-electron chi connectivity index (χ2n) is 1.20. The molecule has 0 aliphatic rings. The minimum absolute atomic E-state index is 0.211. The van der Waals surface area contributed by atoms with Gasteiger partial charge in [-0.05, 0) is 6.92 Å². The molecule has 0 saturated carbocycles. The maximum atomic E-state index is 9.82. The lowest BCUT2D eigenvalue weighted by Gasteiger charge is -1.89. The van der Waals surface area contributed by atoms with Crippen LogP contribution in [0.25, 0.3) is 0 Å². The number of carbonyl (C=O) groups excluding carboxylic acids is 1. The molecule has 0 aromatic heterocycles. The molecule has 62 valence electrons. The predicted octanol–water partition coefficient (Wildman–Crippen LogP) is 1.31. The van der Waals surface area contributed by atoms with E-state index in [4.69, 9.17) is 5.11 Å².